The SMILES string of the molecule is Cc1cc(Cl)ccc1OC(=O)[C@@H]1CCC(=O)N1. The van der Waals surface area contributed by atoms with Gasteiger partial charge in [0.2, 0.25) is 5.91 Å². The molecule has 1 aromatic rings. The largest absolute Gasteiger partial charge is 0.425 e. The molecule has 0 spiro atoms. The van der Waals surface area contributed by atoms with Crippen LogP contribution in [0, 0.1) is 6.92 Å². The molecule has 1 heterocycles. The summed E-state index contributed by atoms with van der Waals surface area (Å²) in [5.41, 5.74) is 0.787. The average molecular weight is 254 g/mol. The summed E-state index contributed by atoms with van der Waals surface area (Å²) >= 11 is 5.80. The zero-order valence-corrected chi connectivity index (χ0v) is 10.1. The highest BCUT2D eigenvalue weighted by atomic mass is 35.5. The number of ether oxygens (including phenoxy) is 1. The molecule has 0 aliphatic carbocycles. The fourth-order valence-corrected chi connectivity index (χ4v) is 1.92. The third kappa shape index (κ3) is 2.77. The van der Waals surface area contributed by atoms with E-state index in [9.17, 15) is 9.59 Å². The molecule has 1 aliphatic heterocycles. The molecule has 0 radical (unpaired) electrons. The lowest BCUT2D eigenvalue weighted by Crippen LogP contribution is -2.36. The average Bonchev–Trinajstić information content (AvgIpc) is 2.69. The number of halogens is 1. The Bertz CT molecular complexity index is 473. The lowest BCUT2D eigenvalue weighted by molar-refractivity contribution is -0.137. The van der Waals surface area contributed by atoms with E-state index in [-0.39, 0.29) is 5.91 Å². The van der Waals surface area contributed by atoms with Crippen molar-refractivity contribution in [3.05, 3.63) is 28.8 Å². The Kier molecular flexibility index (Phi) is 3.33. The van der Waals surface area contributed by atoms with Gasteiger partial charge in [-0.05, 0) is 37.1 Å². The molecule has 5 heteroatoms. The molecular formula is C12H12ClNO3. The minimum absolute atomic E-state index is 0.111. The van der Waals surface area contributed by atoms with Gasteiger partial charge in [-0.25, -0.2) is 4.79 Å². The summed E-state index contributed by atoms with van der Waals surface area (Å²) in [6, 6.07) is 4.49. The summed E-state index contributed by atoms with van der Waals surface area (Å²) in [5.74, 6) is -0.0680. The summed E-state index contributed by atoms with van der Waals surface area (Å²) in [5, 5.41) is 3.16. The normalized spacial score (nSPS) is 18.9. The second kappa shape index (κ2) is 4.75. The van der Waals surface area contributed by atoms with Crippen LogP contribution in [0.3, 0.4) is 0 Å². The lowest BCUT2D eigenvalue weighted by atomic mass is 10.2. The van der Waals surface area contributed by atoms with Gasteiger partial charge in [-0.1, -0.05) is 11.6 Å². The van der Waals surface area contributed by atoms with Gasteiger partial charge in [0.25, 0.3) is 0 Å². The number of carbonyl (C=O) groups excluding carboxylic acids is 2. The van der Waals surface area contributed by atoms with Crippen LogP contribution in [0.1, 0.15) is 18.4 Å². The molecule has 1 fully saturated rings. The zero-order valence-electron chi connectivity index (χ0n) is 9.33. The minimum atomic E-state index is -0.530. The van der Waals surface area contributed by atoms with Crippen molar-refractivity contribution < 1.29 is 14.3 Å². The van der Waals surface area contributed by atoms with Crippen molar-refractivity contribution in [3.63, 3.8) is 0 Å². The Morgan fingerprint density at radius 1 is 1.53 bits per heavy atom. The number of amides is 1. The first-order valence-corrected chi connectivity index (χ1v) is 5.71. The van der Waals surface area contributed by atoms with E-state index < -0.39 is 12.0 Å². The van der Waals surface area contributed by atoms with Gasteiger partial charge in [-0.3, -0.25) is 4.79 Å². The fourth-order valence-electron chi connectivity index (χ4n) is 1.70. The van der Waals surface area contributed by atoms with Crippen molar-refractivity contribution >= 4 is 23.5 Å². The second-order valence-corrected chi connectivity index (χ2v) is 4.43. The van der Waals surface area contributed by atoms with E-state index in [1.807, 2.05) is 6.92 Å². The predicted octanol–water partition coefficient (Wildman–Crippen LogP) is 1.83. The van der Waals surface area contributed by atoms with E-state index in [2.05, 4.69) is 5.32 Å². The van der Waals surface area contributed by atoms with Crippen molar-refractivity contribution in [1.82, 2.24) is 5.32 Å². The Morgan fingerprint density at radius 3 is 2.88 bits per heavy atom. The molecule has 4 nitrogen and oxygen atoms in total. The molecule has 1 atom stereocenters. The number of benzene rings is 1. The highest BCUT2D eigenvalue weighted by Gasteiger charge is 2.29. The standard InChI is InChI=1S/C12H12ClNO3/c1-7-6-8(13)2-4-10(7)17-12(16)9-3-5-11(15)14-9/h2,4,6,9H,3,5H2,1H3,(H,14,15)/t9-/m0/s1. The van der Waals surface area contributed by atoms with Crippen LogP contribution in [0.5, 0.6) is 5.75 Å². The number of hydrogen-bond donors (Lipinski definition) is 1. The summed E-state index contributed by atoms with van der Waals surface area (Å²) in [7, 11) is 0. The van der Waals surface area contributed by atoms with E-state index in [1.165, 1.54) is 0 Å². The second-order valence-electron chi connectivity index (χ2n) is 3.99. The van der Waals surface area contributed by atoms with Crippen LogP contribution >= 0.6 is 11.6 Å². The zero-order chi connectivity index (χ0) is 12.4. The molecule has 1 aliphatic rings. The van der Waals surface area contributed by atoms with E-state index in [1.54, 1.807) is 18.2 Å². The Morgan fingerprint density at radius 2 is 2.29 bits per heavy atom. The molecule has 1 saturated heterocycles. The number of aryl methyl sites for hydroxylation is 1. The highest BCUT2D eigenvalue weighted by molar-refractivity contribution is 6.30. The van der Waals surface area contributed by atoms with Gasteiger partial charge < -0.3 is 10.1 Å². The minimum Gasteiger partial charge on any atom is -0.425 e. The summed E-state index contributed by atoms with van der Waals surface area (Å²) < 4.78 is 5.22. The maximum atomic E-state index is 11.7. The fraction of sp³-hybridized carbons (Fsp3) is 0.333. The third-order valence-corrected chi connectivity index (χ3v) is 2.86. The smallest absolute Gasteiger partial charge is 0.334 e. The lowest BCUT2D eigenvalue weighted by Gasteiger charge is -2.11. The van der Waals surface area contributed by atoms with Crippen molar-refractivity contribution in [2.24, 2.45) is 0 Å². The maximum Gasteiger partial charge on any atom is 0.334 e. The molecular weight excluding hydrogens is 242 g/mol. The Hall–Kier alpha value is -1.55. The maximum absolute atomic E-state index is 11.7. The molecule has 1 amide bonds. The molecule has 90 valence electrons. The molecule has 2 rings (SSSR count). The molecule has 17 heavy (non-hydrogen) atoms. The van der Waals surface area contributed by atoms with E-state index in [4.69, 9.17) is 16.3 Å². The summed E-state index contributed by atoms with van der Waals surface area (Å²) in [4.78, 5) is 22.7. The Balaban J connectivity index is 2.05. The molecule has 0 saturated carbocycles. The molecule has 0 bridgehead atoms. The van der Waals surface area contributed by atoms with Crippen LogP contribution in [0.2, 0.25) is 5.02 Å². The topological polar surface area (TPSA) is 55.4 Å². The first kappa shape index (κ1) is 11.9. The van der Waals surface area contributed by atoms with Crippen molar-refractivity contribution in [2.45, 2.75) is 25.8 Å². The first-order chi connectivity index (χ1) is 8.06. The van der Waals surface area contributed by atoms with Gasteiger partial charge in [0.05, 0.1) is 0 Å². The van der Waals surface area contributed by atoms with Crippen molar-refractivity contribution in [1.29, 1.82) is 0 Å². The number of hydrogen-bond acceptors (Lipinski definition) is 3. The van der Waals surface area contributed by atoms with Gasteiger partial charge in [-0.2, -0.15) is 0 Å². The number of nitrogens with one attached hydrogen (secondary N) is 1. The van der Waals surface area contributed by atoms with E-state index >= 15 is 0 Å². The van der Waals surface area contributed by atoms with Crippen LogP contribution in [0.25, 0.3) is 0 Å². The van der Waals surface area contributed by atoms with Crippen LogP contribution in [0.4, 0.5) is 0 Å². The number of rotatable bonds is 2. The van der Waals surface area contributed by atoms with Crippen LogP contribution < -0.4 is 10.1 Å². The van der Waals surface area contributed by atoms with Gasteiger partial charge in [0, 0.05) is 11.4 Å². The third-order valence-electron chi connectivity index (χ3n) is 2.63. The van der Waals surface area contributed by atoms with Gasteiger partial charge in [-0.15, -0.1) is 0 Å². The van der Waals surface area contributed by atoms with Gasteiger partial charge in [0.15, 0.2) is 0 Å². The summed E-state index contributed by atoms with van der Waals surface area (Å²) in [6.45, 7) is 1.81. The molecule has 1 aromatic carbocycles. The van der Waals surface area contributed by atoms with Crippen molar-refractivity contribution in [3.8, 4) is 5.75 Å². The Labute approximate surface area is 104 Å². The van der Waals surface area contributed by atoms with Crippen molar-refractivity contribution in [2.75, 3.05) is 0 Å². The van der Waals surface area contributed by atoms with Gasteiger partial charge in [0.1, 0.15) is 11.8 Å². The molecule has 1 N–H and O–H groups in total. The van der Waals surface area contributed by atoms with Crippen LogP contribution in [0.15, 0.2) is 18.2 Å². The van der Waals surface area contributed by atoms with Crippen LogP contribution in [-0.4, -0.2) is 17.9 Å². The van der Waals surface area contributed by atoms with E-state index in [0.29, 0.717) is 23.6 Å². The quantitative estimate of drug-likeness (QED) is 0.646. The monoisotopic (exact) mass is 253 g/mol. The molecule has 0 aromatic heterocycles. The van der Waals surface area contributed by atoms with Gasteiger partial charge >= 0.3 is 5.97 Å². The summed E-state index contributed by atoms with van der Waals surface area (Å²) in [6.07, 6.45) is 0.865. The number of carbonyl (C=O) groups is 2. The number of esters is 1. The van der Waals surface area contributed by atoms with E-state index in [0.717, 1.165) is 5.56 Å². The highest BCUT2D eigenvalue weighted by Crippen LogP contribution is 2.22. The predicted molar refractivity (Wildman–Crippen MR) is 63.0 cm³/mol. The molecule has 0 unspecified atom stereocenters. The first-order valence-electron chi connectivity index (χ1n) is 5.33. The van der Waals surface area contributed by atoms with Crippen LogP contribution in [-0.2, 0) is 9.59 Å².